The summed E-state index contributed by atoms with van der Waals surface area (Å²) in [5, 5.41) is 4.53. The third kappa shape index (κ3) is 1.84. The molecule has 0 atom stereocenters. The normalized spacial score (nSPS) is 11.2. The second kappa shape index (κ2) is 4.79. The SMILES string of the molecule is CCn1nc(C)c2[nH]c(=S)n(-c3cccc(OC)c3)c21. The molecule has 1 N–H and O–H groups in total. The molecule has 2 aromatic heterocycles. The first kappa shape index (κ1) is 12.9. The van der Waals surface area contributed by atoms with Crippen LogP contribution in [0.2, 0.25) is 0 Å². The summed E-state index contributed by atoms with van der Waals surface area (Å²) >= 11 is 5.46. The number of hydrogen-bond acceptors (Lipinski definition) is 3. The molecule has 0 saturated heterocycles. The first-order chi connectivity index (χ1) is 9.65. The molecule has 2 heterocycles. The highest BCUT2D eigenvalue weighted by molar-refractivity contribution is 7.71. The lowest BCUT2D eigenvalue weighted by molar-refractivity contribution is 0.414. The van der Waals surface area contributed by atoms with Crippen molar-refractivity contribution in [3.8, 4) is 11.4 Å². The number of fused-ring (bicyclic) bond motifs is 1. The van der Waals surface area contributed by atoms with Crippen LogP contribution in [-0.4, -0.2) is 26.4 Å². The fraction of sp³-hybridized carbons (Fsp3) is 0.286. The van der Waals surface area contributed by atoms with Crippen molar-refractivity contribution in [1.82, 2.24) is 19.3 Å². The Morgan fingerprint density at radius 1 is 1.40 bits per heavy atom. The molecule has 0 spiro atoms. The van der Waals surface area contributed by atoms with E-state index in [1.165, 1.54) is 0 Å². The number of aromatic amines is 1. The minimum atomic E-state index is 0.663. The van der Waals surface area contributed by atoms with Crippen LogP contribution in [0.15, 0.2) is 24.3 Å². The minimum absolute atomic E-state index is 0.663. The van der Waals surface area contributed by atoms with Gasteiger partial charge in [0.2, 0.25) is 0 Å². The summed E-state index contributed by atoms with van der Waals surface area (Å²) in [6, 6.07) is 7.84. The maximum absolute atomic E-state index is 5.46. The second-order valence-corrected chi connectivity index (χ2v) is 4.95. The number of H-pyrrole nitrogens is 1. The van der Waals surface area contributed by atoms with Gasteiger partial charge in [-0.25, -0.2) is 4.68 Å². The standard InChI is InChI=1S/C14H16N4OS/c1-4-17-13-12(9(2)16-17)15-14(20)18(13)10-6-5-7-11(8-10)19-3/h5-8H,4H2,1-3H3,(H,15,20). The van der Waals surface area contributed by atoms with Gasteiger partial charge in [-0.3, -0.25) is 4.57 Å². The van der Waals surface area contributed by atoms with E-state index in [0.717, 1.165) is 34.8 Å². The zero-order chi connectivity index (χ0) is 14.3. The van der Waals surface area contributed by atoms with E-state index in [0.29, 0.717) is 4.77 Å². The summed E-state index contributed by atoms with van der Waals surface area (Å²) < 4.78 is 9.90. The highest BCUT2D eigenvalue weighted by atomic mass is 32.1. The number of benzene rings is 1. The maximum atomic E-state index is 5.46. The summed E-state index contributed by atoms with van der Waals surface area (Å²) in [5.74, 6) is 0.804. The van der Waals surface area contributed by atoms with E-state index in [1.54, 1.807) is 7.11 Å². The average Bonchev–Trinajstić information content (AvgIpc) is 2.95. The molecule has 3 aromatic rings. The zero-order valence-electron chi connectivity index (χ0n) is 11.7. The first-order valence-corrected chi connectivity index (χ1v) is 6.89. The predicted octanol–water partition coefficient (Wildman–Crippen LogP) is 3.22. The van der Waals surface area contributed by atoms with E-state index in [4.69, 9.17) is 17.0 Å². The maximum Gasteiger partial charge on any atom is 0.184 e. The van der Waals surface area contributed by atoms with E-state index >= 15 is 0 Å². The van der Waals surface area contributed by atoms with Crippen molar-refractivity contribution in [1.29, 1.82) is 0 Å². The Labute approximate surface area is 121 Å². The van der Waals surface area contributed by atoms with Crippen molar-refractivity contribution >= 4 is 23.4 Å². The molecular weight excluding hydrogens is 272 g/mol. The van der Waals surface area contributed by atoms with Crippen LogP contribution in [0.4, 0.5) is 0 Å². The molecule has 0 aliphatic rings. The highest BCUT2D eigenvalue weighted by Crippen LogP contribution is 2.24. The average molecular weight is 288 g/mol. The number of methoxy groups -OCH3 is 1. The quantitative estimate of drug-likeness (QED) is 0.753. The van der Waals surface area contributed by atoms with Crippen molar-refractivity contribution in [2.24, 2.45) is 0 Å². The molecule has 0 bridgehead atoms. The molecule has 6 heteroatoms. The van der Waals surface area contributed by atoms with Crippen LogP contribution in [0.25, 0.3) is 16.9 Å². The largest absolute Gasteiger partial charge is 0.497 e. The molecule has 0 fully saturated rings. The fourth-order valence-electron chi connectivity index (χ4n) is 2.41. The summed E-state index contributed by atoms with van der Waals surface area (Å²) in [4.78, 5) is 3.24. The number of hydrogen-bond donors (Lipinski definition) is 1. The summed E-state index contributed by atoms with van der Waals surface area (Å²) in [5.41, 5.74) is 3.90. The van der Waals surface area contributed by atoms with Crippen molar-refractivity contribution in [3.63, 3.8) is 0 Å². The second-order valence-electron chi connectivity index (χ2n) is 4.57. The number of nitrogens with zero attached hydrogens (tertiary/aromatic N) is 3. The molecule has 0 radical (unpaired) electrons. The van der Waals surface area contributed by atoms with Crippen molar-refractivity contribution in [2.45, 2.75) is 20.4 Å². The Morgan fingerprint density at radius 2 is 2.20 bits per heavy atom. The summed E-state index contributed by atoms with van der Waals surface area (Å²) in [6.45, 7) is 4.84. The van der Waals surface area contributed by atoms with E-state index in [-0.39, 0.29) is 0 Å². The van der Waals surface area contributed by atoms with Crippen molar-refractivity contribution in [3.05, 3.63) is 34.7 Å². The number of imidazole rings is 1. The van der Waals surface area contributed by atoms with Crippen LogP contribution in [0.1, 0.15) is 12.6 Å². The van der Waals surface area contributed by atoms with Gasteiger partial charge in [-0.2, -0.15) is 5.10 Å². The van der Waals surface area contributed by atoms with Gasteiger partial charge in [0.05, 0.1) is 18.5 Å². The first-order valence-electron chi connectivity index (χ1n) is 6.48. The Morgan fingerprint density at radius 3 is 2.90 bits per heavy atom. The number of ether oxygens (including phenoxy) is 1. The smallest absolute Gasteiger partial charge is 0.184 e. The molecule has 0 saturated carbocycles. The summed E-state index contributed by atoms with van der Waals surface area (Å²) in [6.07, 6.45) is 0. The van der Waals surface area contributed by atoms with Crippen LogP contribution in [0.5, 0.6) is 5.75 Å². The lowest BCUT2D eigenvalue weighted by Gasteiger charge is -2.07. The molecule has 0 unspecified atom stereocenters. The molecule has 0 amide bonds. The van der Waals surface area contributed by atoms with Crippen LogP contribution in [0, 0.1) is 11.7 Å². The van der Waals surface area contributed by atoms with Gasteiger partial charge in [0.25, 0.3) is 0 Å². The number of aryl methyl sites for hydroxylation is 2. The van der Waals surface area contributed by atoms with Gasteiger partial charge in [-0.15, -0.1) is 0 Å². The van der Waals surface area contributed by atoms with Gasteiger partial charge < -0.3 is 9.72 Å². The molecule has 104 valence electrons. The number of aromatic nitrogens is 4. The van der Waals surface area contributed by atoms with Gasteiger partial charge >= 0.3 is 0 Å². The lowest BCUT2D eigenvalue weighted by Crippen LogP contribution is -2.03. The molecule has 0 aliphatic heterocycles. The van der Waals surface area contributed by atoms with Gasteiger partial charge in [0.1, 0.15) is 11.3 Å². The molecular formula is C14H16N4OS. The van der Waals surface area contributed by atoms with Gasteiger partial charge in [-0.05, 0) is 38.2 Å². The monoisotopic (exact) mass is 288 g/mol. The van der Waals surface area contributed by atoms with E-state index in [1.807, 2.05) is 40.4 Å². The molecule has 20 heavy (non-hydrogen) atoms. The predicted molar refractivity (Wildman–Crippen MR) is 81.2 cm³/mol. The molecule has 5 nitrogen and oxygen atoms in total. The van der Waals surface area contributed by atoms with E-state index in [2.05, 4.69) is 17.0 Å². The van der Waals surface area contributed by atoms with Gasteiger partial charge in [0, 0.05) is 12.6 Å². The lowest BCUT2D eigenvalue weighted by atomic mass is 10.3. The zero-order valence-corrected chi connectivity index (χ0v) is 12.5. The van der Waals surface area contributed by atoms with Crippen LogP contribution in [-0.2, 0) is 6.54 Å². The number of nitrogens with one attached hydrogen (secondary N) is 1. The van der Waals surface area contributed by atoms with Crippen molar-refractivity contribution in [2.75, 3.05) is 7.11 Å². The van der Waals surface area contributed by atoms with E-state index < -0.39 is 0 Å². The third-order valence-corrected chi connectivity index (χ3v) is 3.64. The van der Waals surface area contributed by atoms with Gasteiger partial charge in [0.15, 0.2) is 10.4 Å². The van der Waals surface area contributed by atoms with E-state index in [9.17, 15) is 0 Å². The topological polar surface area (TPSA) is 47.8 Å². The van der Waals surface area contributed by atoms with Crippen LogP contribution in [0.3, 0.4) is 0 Å². The van der Waals surface area contributed by atoms with Crippen molar-refractivity contribution < 1.29 is 4.74 Å². The van der Waals surface area contributed by atoms with Gasteiger partial charge in [-0.1, -0.05) is 6.07 Å². The Hall–Kier alpha value is -2.08. The summed E-state index contributed by atoms with van der Waals surface area (Å²) in [7, 11) is 1.66. The molecule has 0 aliphatic carbocycles. The number of rotatable bonds is 3. The van der Waals surface area contributed by atoms with Crippen LogP contribution >= 0.6 is 12.2 Å². The molecule has 3 rings (SSSR count). The van der Waals surface area contributed by atoms with Crippen LogP contribution < -0.4 is 4.74 Å². The Bertz CT molecular complexity index is 827. The Balaban J connectivity index is 2.34. The minimum Gasteiger partial charge on any atom is -0.497 e. The highest BCUT2D eigenvalue weighted by Gasteiger charge is 2.15. The third-order valence-electron chi connectivity index (χ3n) is 3.36. The fourth-order valence-corrected chi connectivity index (χ4v) is 2.71. The Kier molecular flexibility index (Phi) is 3.10. The molecule has 1 aromatic carbocycles.